The van der Waals surface area contributed by atoms with Crippen molar-refractivity contribution in [2.45, 2.75) is 19.9 Å². The lowest BCUT2D eigenvalue weighted by Crippen LogP contribution is -2.55. The first-order valence-electron chi connectivity index (χ1n) is 9.30. The molecule has 4 rings (SSSR count). The molecule has 7 nitrogen and oxygen atoms in total. The first kappa shape index (κ1) is 18.2. The van der Waals surface area contributed by atoms with E-state index in [4.69, 9.17) is 0 Å². The molecule has 8 heteroatoms. The number of aryl methyl sites for hydroxylation is 2. The molecule has 28 heavy (non-hydrogen) atoms. The van der Waals surface area contributed by atoms with E-state index in [1.54, 1.807) is 27.9 Å². The van der Waals surface area contributed by atoms with Gasteiger partial charge in [0, 0.05) is 38.1 Å². The van der Waals surface area contributed by atoms with E-state index in [0.29, 0.717) is 31.0 Å². The SMILES string of the molecule is Cc1nn(C)c2ncc(NC(=O)N3CCN(c4ccccc4F)[C@@H](C)C3)cc12. The van der Waals surface area contributed by atoms with Gasteiger partial charge in [0.15, 0.2) is 5.65 Å². The number of pyridine rings is 1. The molecule has 146 valence electrons. The van der Waals surface area contributed by atoms with Gasteiger partial charge in [0.05, 0.1) is 23.3 Å². The maximum Gasteiger partial charge on any atom is 0.322 e. The number of carbonyl (C=O) groups is 1. The number of anilines is 2. The number of amides is 2. The summed E-state index contributed by atoms with van der Waals surface area (Å²) in [6.45, 7) is 5.53. The number of nitrogens with one attached hydrogen (secondary N) is 1. The van der Waals surface area contributed by atoms with Crippen LogP contribution in [0.1, 0.15) is 12.6 Å². The van der Waals surface area contributed by atoms with Crippen molar-refractivity contribution >= 4 is 28.4 Å². The van der Waals surface area contributed by atoms with Crippen LogP contribution in [0.4, 0.5) is 20.6 Å². The minimum atomic E-state index is -0.238. The number of benzene rings is 1. The molecule has 1 saturated heterocycles. The van der Waals surface area contributed by atoms with E-state index < -0.39 is 0 Å². The number of nitrogens with zero attached hydrogens (tertiary/aromatic N) is 5. The Hall–Kier alpha value is -3.16. The fourth-order valence-corrected chi connectivity index (χ4v) is 3.76. The summed E-state index contributed by atoms with van der Waals surface area (Å²) in [5, 5.41) is 8.19. The van der Waals surface area contributed by atoms with Gasteiger partial charge in [-0.25, -0.2) is 14.2 Å². The van der Waals surface area contributed by atoms with Crippen LogP contribution in [0.2, 0.25) is 0 Å². The third-order valence-corrected chi connectivity index (χ3v) is 5.19. The maximum absolute atomic E-state index is 14.1. The van der Waals surface area contributed by atoms with Crippen molar-refractivity contribution in [2.75, 3.05) is 29.9 Å². The third-order valence-electron chi connectivity index (χ3n) is 5.19. The standard InChI is InChI=1S/C20H23FN6O/c1-13-12-26(8-9-27(13)18-7-5-4-6-17(18)21)20(28)23-15-10-16-14(2)24-25(3)19(16)22-11-15/h4-7,10-11,13H,8-9,12H2,1-3H3,(H,23,28)/t13-/m0/s1. The Bertz CT molecular complexity index is 1030. The molecule has 3 heterocycles. The molecule has 1 aliphatic rings. The van der Waals surface area contributed by atoms with E-state index in [1.165, 1.54) is 6.07 Å². The lowest BCUT2D eigenvalue weighted by molar-refractivity contribution is 0.200. The van der Waals surface area contributed by atoms with Gasteiger partial charge in [-0.2, -0.15) is 5.10 Å². The summed E-state index contributed by atoms with van der Waals surface area (Å²) in [6.07, 6.45) is 1.64. The minimum Gasteiger partial charge on any atom is -0.363 e. The normalized spacial score (nSPS) is 17.2. The molecule has 1 aromatic carbocycles. The maximum atomic E-state index is 14.1. The van der Waals surface area contributed by atoms with E-state index in [2.05, 4.69) is 15.4 Å². The van der Waals surface area contributed by atoms with Crippen LogP contribution in [0, 0.1) is 12.7 Å². The van der Waals surface area contributed by atoms with E-state index in [-0.39, 0.29) is 17.9 Å². The van der Waals surface area contributed by atoms with Gasteiger partial charge in [0.1, 0.15) is 5.82 Å². The molecular formula is C20H23FN6O. The second-order valence-corrected chi connectivity index (χ2v) is 7.17. The molecule has 2 aromatic heterocycles. The molecule has 0 unspecified atom stereocenters. The lowest BCUT2D eigenvalue weighted by Gasteiger charge is -2.41. The van der Waals surface area contributed by atoms with E-state index in [9.17, 15) is 9.18 Å². The fourth-order valence-electron chi connectivity index (χ4n) is 3.76. The number of halogens is 1. The van der Waals surface area contributed by atoms with Crippen LogP contribution in [0.3, 0.4) is 0 Å². The Morgan fingerprint density at radius 1 is 1.29 bits per heavy atom. The smallest absolute Gasteiger partial charge is 0.322 e. The Balaban J connectivity index is 1.45. The van der Waals surface area contributed by atoms with Gasteiger partial charge in [-0.3, -0.25) is 4.68 Å². The zero-order valence-corrected chi connectivity index (χ0v) is 16.2. The monoisotopic (exact) mass is 382 g/mol. The number of piperazine rings is 1. The van der Waals surface area contributed by atoms with Gasteiger partial charge < -0.3 is 15.1 Å². The van der Waals surface area contributed by atoms with Crippen LogP contribution < -0.4 is 10.2 Å². The number of fused-ring (bicyclic) bond motifs is 1. The summed E-state index contributed by atoms with van der Waals surface area (Å²) in [5.74, 6) is -0.238. The predicted octanol–water partition coefficient (Wildman–Crippen LogP) is 3.16. The summed E-state index contributed by atoms with van der Waals surface area (Å²) in [7, 11) is 1.84. The van der Waals surface area contributed by atoms with Gasteiger partial charge in [0.25, 0.3) is 0 Å². The van der Waals surface area contributed by atoms with Crippen LogP contribution >= 0.6 is 0 Å². The van der Waals surface area contributed by atoms with E-state index in [1.807, 2.05) is 37.9 Å². The first-order valence-corrected chi connectivity index (χ1v) is 9.30. The highest BCUT2D eigenvalue weighted by atomic mass is 19.1. The highest BCUT2D eigenvalue weighted by Gasteiger charge is 2.28. The van der Waals surface area contributed by atoms with Gasteiger partial charge in [-0.05, 0) is 32.0 Å². The Morgan fingerprint density at radius 2 is 2.07 bits per heavy atom. The summed E-state index contributed by atoms with van der Waals surface area (Å²) < 4.78 is 15.8. The number of aromatic nitrogens is 3. The fraction of sp³-hybridized carbons (Fsp3) is 0.350. The van der Waals surface area contributed by atoms with Crippen molar-refractivity contribution < 1.29 is 9.18 Å². The first-order chi connectivity index (χ1) is 13.4. The Labute approximate surface area is 162 Å². The quantitative estimate of drug-likeness (QED) is 0.739. The molecule has 1 atom stereocenters. The summed E-state index contributed by atoms with van der Waals surface area (Å²) >= 11 is 0. The van der Waals surface area contributed by atoms with E-state index in [0.717, 1.165) is 16.7 Å². The molecule has 2 amide bonds. The number of rotatable bonds is 2. The zero-order valence-electron chi connectivity index (χ0n) is 16.2. The lowest BCUT2D eigenvalue weighted by atomic mass is 10.1. The van der Waals surface area contributed by atoms with Crippen LogP contribution in [-0.2, 0) is 7.05 Å². The molecule has 1 fully saturated rings. The highest BCUT2D eigenvalue weighted by molar-refractivity contribution is 5.92. The van der Waals surface area contributed by atoms with Crippen molar-refractivity contribution in [1.82, 2.24) is 19.7 Å². The molecular weight excluding hydrogens is 359 g/mol. The van der Waals surface area contributed by atoms with Crippen molar-refractivity contribution in [2.24, 2.45) is 7.05 Å². The van der Waals surface area contributed by atoms with Gasteiger partial charge in [-0.15, -0.1) is 0 Å². The van der Waals surface area contributed by atoms with E-state index >= 15 is 0 Å². The Morgan fingerprint density at radius 3 is 2.82 bits per heavy atom. The van der Waals surface area contributed by atoms with Gasteiger partial charge in [-0.1, -0.05) is 12.1 Å². The third kappa shape index (κ3) is 3.26. The summed E-state index contributed by atoms with van der Waals surface area (Å²) in [6, 6.07) is 8.47. The largest absolute Gasteiger partial charge is 0.363 e. The van der Waals surface area contributed by atoms with Crippen molar-refractivity contribution in [3.63, 3.8) is 0 Å². The molecule has 0 bridgehead atoms. The zero-order chi connectivity index (χ0) is 19.8. The molecule has 0 aliphatic carbocycles. The second-order valence-electron chi connectivity index (χ2n) is 7.17. The predicted molar refractivity (Wildman–Crippen MR) is 107 cm³/mol. The highest BCUT2D eigenvalue weighted by Crippen LogP contribution is 2.24. The van der Waals surface area contributed by atoms with Crippen LogP contribution in [-0.4, -0.2) is 51.4 Å². The summed E-state index contributed by atoms with van der Waals surface area (Å²) in [5.41, 5.74) is 2.87. The molecule has 0 saturated carbocycles. The van der Waals surface area contributed by atoms with Crippen molar-refractivity contribution in [3.8, 4) is 0 Å². The van der Waals surface area contributed by atoms with Gasteiger partial charge in [0.2, 0.25) is 0 Å². The number of hydrogen-bond donors (Lipinski definition) is 1. The average molecular weight is 382 g/mol. The Kier molecular flexibility index (Phi) is 4.62. The number of hydrogen-bond acceptors (Lipinski definition) is 4. The number of carbonyl (C=O) groups excluding carboxylic acids is 1. The molecule has 1 aliphatic heterocycles. The number of urea groups is 1. The molecule has 0 spiro atoms. The van der Waals surface area contributed by atoms with Crippen LogP contribution in [0.15, 0.2) is 36.5 Å². The molecule has 1 N–H and O–H groups in total. The number of para-hydroxylation sites is 1. The summed E-state index contributed by atoms with van der Waals surface area (Å²) in [4.78, 5) is 20.9. The topological polar surface area (TPSA) is 66.3 Å². The van der Waals surface area contributed by atoms with Crippen LogP contribution in [0.5, 0.6) is 0 Å². The molecule has 3 aromatic rings. The van der Waals surface area contributed by atoms with Gasteiger partial charge >= 0.3 is 6.03 Å². The van der Waals surface area contributed by atoms with Crippen LogP contribution in [0.25, 0.3) is 11.0 Å². The molecule has 0 radical (unpaired) electrons. The van der Waals surface area contributed by atoms with Crippen molar-refractivity contribution in [1.29, 1.82) is 0 Å². The average Bonchev–Trinajstić information content (AvgIpc) is 2.96. The minimum absolute atomic E-state index is 0.0116. The van der Waals surface area contributed by atoms with Crippen molar-refractivity contribution in [3.05, 3.63) is 48.0 Å². The second kappa shape index (κ2) is 7.10.